The number of rotatable bonds is 3. The molecule has 0 amide bonds. The minimum Gasteiger partial charge on any atom is -0.299 e. The van der Waals surface area contributed by atoms with Crippen molar-refractivity contribution in [1.29, 1.82) is 0 Å². The summed E-state index contributed by atoms with van der Waals surface area (Å²) in [5.41, 5.74) is 2.95. The van der Waals surface area contributed by atoms with Gasteiger partial charge in [-0.15, -0.1) is 0 Å². The Balaban J connectivity index is 1.71. The van der Waals surface area contributed by atoms with Crippen molar-refractivity contribution in [2.75, 3.05) is 13.1 Å². The molecular weight excluding hydrogens is 266 g/mol. The summed E-state index contributed by atoms with van der Waals surface area (Å²) < 4.78 is 0. The standard InChI is InChI=1S/C21H25N/c1-3-9-18(10-4-1)21(19-11-5-2-6-12-19)20-14-13-17-8-7-15-22(20)16-17/h1-6,9-12,17,20-21H,7-8,13-16H2. The molecule has 0 N–H and O–H groups in total. The smallest absolute Gasteiger partial charge is 0.0245 e. The molecule has 2 bridgehead atoms. The Morgan fingerprint density at radius 1 is 0.773 bits per heavy atom. The number of hydrogen-bond donors (Lipinski definition) is 0. The summed E-state index contributed by atoms with van der Waals surface area (Å²) in [6.07, 6.45) is 5.60. The second kappa shape index (κ2) is 6.26. The number of piperidine rings is 2. The predicted octanol–water partition coefficient (Wildman–Crippen LogP) is 4.69. The van der Waals surface area contributed by atoms with Gasteiger partial charge in [0, 0.05) is 18.5 Å². The van der Waals surface area contributed by atoms with E-state index >= 15 is 0 Å². The number of hydrogen-bond acceptors (Lipinski definition) is 1. The Hall–Kier alpha value is -1.60. The molecule has 114 valence electrons. The summed E-state index contributed by atoms with van der Waals surface area (Å²) in [7, 11) is 0. The van der Waals surface area contributed by atoms with E-state index in [0.29, 0.717) is 12.0 Å². The van der Waals surface area contributed by atoms with Gasteiger partial charge >= 0.3 is 0 Å². The van der Waals surface area contributed by atoms with Crippen molar-refractivity contribution in [3.05, 3.63) is 71.8 Å². The van der Waals surface area contributed by atoms with Crippen molar-refractivity contribution in [3.63, 3.8) is 0 Å². The second-order valence-electron chi connectivity index (χ2n) is 6.95. The van der Waals surface area contributed by atoms with Crippen LogP contribution in [-0.2, 0) is 0 Å². The first-order valence-corrected chi connectivity index (χ1v) is 8.76. The van der Waals surface area contributed by atoms with Gasteiger partial charge < -0.3 is 0 Å². The first-order chi connectivity index (χ1) is 10.9. The molecule has 3 unspecified atom stereocenters. The zero-order valence-corrected chi connectivity index (χ0v) is 13.2. The lowest BCUT2D eigenvalue weighted by molar-refractivity contribution is 0.0591. The highest BCUT2D eigenvalue weighted by molar-refractivity contribution is 5.34. The molecule has 1 nitrogen and oxygen atoms in total. The van der Waals surface area contributed by atoms with Crippen LogP contribution < -0.4 is 0 Å². The van der Waals surface area contributed by atoms with Crippen LogP contribution in [0.4, 0.5) is 0 Å². The molecule has 2 aromatic carbocycles. The van der Waals surface area contributed by atoms with Gasteiger partial charge in [-0.2, -0.15) is 0 Å². The highest BCUT2D eigenvalue weighted by Crippen LogP contribution is 2.39. The van der Waals surface area contributed by atoms with Crippen LogP contribution in [0.3, 0.4) is 0 Å². The fraction of sp³-hybridized carbons (Fsp3) is 0.429. The quantitative estimate of drug-likeness (QED) is 0.793. The highest BCUT2D eigenvalue weighted by Gasteiger charge is 2.36. The van der Waals surface area contributed by atoms with Crippen molar-refractivity contribution in [3.8, 4) is 0 Å². The fourth-order valence-corrected chi connectivity index (χ4v) is 4.56. The van der Waals surface area contributed by atoms with Gasteiger partial charge in [-0.3, -0.25) is 4.90 Å². The third-order valence-corrected chi connectivity index (χ3v) is 5.59. The largest absolute Gasteiger partial charge is 0.299 e. The van der Waals surface area contributed by atoms with Gasteiger partial charge in [-0.05, 0) is 49.3 Å². The lowest BCUT2D eigenvalue weighted by Crippen LogP contribution is -2.49. The summed E-state index contributed by atoms with van der Waals surface area (Å²) in [6, 6.07) is 22.9. The molecule has 0 radical (unpaired) electrons. The summed E-state index contributed by atoms with van der Waals surface area (Å²) >= 11 is 0. The Labute approximate surface area is 134 Å². The average Bonchev–Trinajstić information content (AvgIpc) is 2.60. The van der Waals surface area contributed by atoms with Gasteiger partial charge in [0.05, 0.1) is 0 Å². The molecule has 1 heteroatoms. The monoisotopic (exact) mass is 291 g/mol. The maximum Gasteiger partial charge on any atom is 0.0245 e. The number of nitrogens with zero attached hydrogens (tertiary/aromatic N) is 1. The highest BCUT2D eigenvalue weighted by atomic mass is 15.2. The van der Waals surface area contributed by atoms with Crippen molar-refractivity contribution < 1.29 is 0 Å². The maximum atomic E-state index is 2.78. The van der Waals surface area contributed by atoms with Gasteiger partial charge in [-0.25, -0.2) is 0 Å². The van der Waals surface area contributed by atoms with Crippen LogP contribution in [0.2, 0.25) is 0 Å². The molecule has 4 rings (SSSR count). The summed E-state index contributed by atoms with van der Waals surface area (Å²) in [5, 5.41) is 0. The topological polar surface area (TPSA) is 3.24 Å². The molecular formula is C21H25N. The molecule has 0 saturated carbocycles. The van der Waals surface area contributed by atoms with E-state index in [9.17, 15) is 0 Å². The molecule has 0 aliphatic carbocycles. The minimum absolute atomic E-state index is 0.515. The van der Waals surface area contributed by atoms with Gasteiger partial charge in [0.1, 0.15) is 0 Å². The van der Waals surface area contributed by atoms with Crippen molar-refractivity contribution in [1.82, 2.24) is 4.90 Å². The van der Waals surface area contributed by atoms with Crippen LogP contribution >= 0.6 is 0 Å². The molecule has 2 fully saturated rings. The average molecular weight is 291 g/mol. The lowest BCUT2D eigenvalue weighted by atomic mass is 9.76. The van der Waals surface area contributed by atoms with Crippen molar-refractivity contribution in [2.24, 2.45) is 5.92 Å². The SMILES string of the molecule is c1ccc(C(c2ccccc2)C2CCC3CCCN2C3)cc1. The Morgan fingerprint density at radius 3 is 2.05 bits per heavy atom. The van der Waals surface area contributed by atoms with Crippen LogP contribution in [0.5, 0.6) is 0 Å². The predicted molar refractivity (Wildman–Crippen MR) is 92.0 cm³/mol. The Kier molecular flexibility index (Phi) is 3.99. The van der Waals surface area contributed by atoms with E-state index in [1.54, 1.807) is 0 Å². The summed E-state index contributed by atoms with van der Waals surface area (Å²) in [6.45, 7) is 2.61. The van der Waals surface area contributed by atoms with E-state index in [1.165, 1.54) is 49.9 Å². The molecule has 2 aliphatic rings. The van der Waals surface area contributed by atoms with E-state index in [4.69, 9.17) is 0 Å². The molecule has 0 aromatic heterocycles. The molecule has 3 atom stereocenters. The third kappa shape index (κ3) is 2.70. The first-order valence-electron chi connectivity index (χ1n) is 8.76. The van der Waals surface area contributed by atoms with Crippen molar-refractivity contribution in [2.45, 2.75) is 37.6 Å². The van der Waals surface area contributed by atoms with E-state index < -0.39 is 0 Å². The first kappa shape index (κ1) is 14.0. The van der Waals surface area contributed by atoms with E-state index in [-0.39, 0.29) is 0 Å². The number of fused-ring (bicyclic) bond motifs is 2. The Bertz CT molecular complexity index is 552. The lowest BCUT2D eigenvalue weighted by Gasteiger charge is -2.47. The Morgan fingerprint density at radius 2 is 1.41 bits per heavy atom. The summed E-state index contributed by atoms with van der Waals surface area (Å²) in [4.78, 5) is 2.78. The molecule has 22 heavy (non-hydrogen) atoms. The molecule has 2 aromatic rings. The van der Waals surface area contributed by atoms with Crippen molar-refractivity contribution >= 4 is 0 Å². The number of benzene rings is 2. The van der Waals surface area contributed by atoms with Crippen LogP contribution in [0.15, 0.2) is 60.7 Å². The maximum absolute atomic E-state index is 2.78. The van der Waals surface area contributed by atoms with Crippen LogP contribution in [0, 0.1) is 5.92 Å². The molecule has 2 heterocycles. The molecule has 2 saturated heterocycles. The van der Waals surface area contributed by atoms with Gasteiger partial charge in [0.2, 0.25) is 0 Å². The van der Waals surface area contributed by atoms with Gasteiger partial charge in [0.15, 0.2) is 0 Å². The van der Waals surface area contributed by atoms with Crippen LogP contribution in [-0.4, -0.2) is 24.0 Å². The normalized spacial score (nSPS) is 27.8. The van der Waals surface area contributed by atoms with Crippen LogP contribution in [0.25, 0.3) is 0 Å². The minimum atomic E-state index is 0.515. The van der Waals surface area contributed by atoms with E-state index in [0.717, 1.165) is 5.92 Å². The second-order valence-corrected chi connectivity index (χ2v) is 6.95. The fourth-order valence-electron chi connectivity index (χ4n) is 4.56. The van der Waals surface area contributed by atoms with Crippen LogP contribution in [0.1, 0.15) is 42.7 Å². The third-order valence-electron chi connectivity index (χ3n) is 5.59. The van der Waals surface area contributed by atoms with Gasteiger partial charge in [0.25, 0.3) is 0 Å². The zero-order chi connectivity index (χ0) is 14.8. The molecule has 2 aliphatic heterocycles. The van der Waals surface area contributed by atoms with E-state index in [2.05, 4.69) is 65.6 Å². The molecule has 0 spiro atoms. The zero-order valence-electron chi connectivity index (χ0n) is 13.2. The van der Waals surface area contributed by atoms with Gasteiger partial charge in [-0.1, -0.05) is 60.7 Å². The summed E-state index contributed by atoms with van der Waals surface area (Å²) in [5.74, 6) is 1.47. The van der Waals surface area contributed by atoms with E-state index in [1.807, 2.05) is 0 Å².